The van der Waals surface area contributed by atoms with Crippen molar-refractivity contribution in [3.05, 3.63) is 23.8 Å². The van der Waals surface area contributed by atoms with Crippen LogP contribution < -0.4 is 10.5 Å². The summed E-state index contributed by atoms with van der Waals surface area (Å²) >= 11 is 0. The molecule has 2 atom stereocenters. The van der Waals surface area contributed by atoms with E-state index in [-0.39, 0.29) is 6.04 Å². The lowest BCUT2D eigenvalue weighted by Crippen LogP contribution is -2.36. The summed E-state index contributed by atoms with van der Waals surface area (Å²) in [5.74, 6) is 0.404. The molecule has 18 heavy (non-hydrogen) atoms. The summed E-state index contributed by atoms with van der Waals surface area (Å²) in [6.07, 6.45) is 3.09. The maximum Gasteiger partial charge on any atom is 0.241 e. The highest BCUT2D eigenvalue weighted by Gasteiger charge is 2.29. The van der Waals surface area contributed by atoms with E-state index in [1.807, 2.05) is 0 Å². The summed E-state index contributed by atoms with van der Waals surface area (Å²) in [5, 5.41) is 0. The van der Waals surface area contributed by atoms with E-state index in [1.54, 1.807) is 19.1 Å². The molecule has 0 saturated heterocycles. The van der Waals surface area contributed by atoms with Crippen LogP contribution >= 0.6 is 0 Å². The van der Waals surface area contributed by atoms with Gasteiger partial charge >= 0.3 is 0 Å². The van der Waals surface area contributed by atoms with Crippen LogP contribution in [0.1, 0.15) is 31.7 Å². The Bertz CT molecular complexity index is 540. The van der Waals surface area contributed by atoms with Gasteiger partial charge in [-0.2, -0.15) is 0 Å². The lowest BCUT2D eigenvalue weighted by molar-refractivity contribution is 0.476. The second kappa shape index (κ2) is 4.90. The molecular formula is C13H20N2O2S. The van der Waals surface area contributed by atoms with Crippen LogP contribution in [0.3, 0.4) is 0 Å². The smallest absolute Gasteiger partial charge is 0.241 e. The van der Waals surface area contributed by atoms with Crippen molar-refractivity contribution >= 4 is 15.7 Å². The Morgan fingerprint density at radius 1 is 1.33 bits per heavy atom. The van der Waals surface area contributed by atoms with Crippen molar-refractivity contribution in [2.45, 2.75) is 44.0 Å². The van der Waals surface area contributed by atoms with Crippen molar-refractivity contribution in [1.82, 2.24) is 4.72 Å². The SMILES string of the molecule is Cc1ccc(N)cc1S(=O)(=O)NC1CCCC1C. The molecule has 1 aromatic carbocycles. The Labute approximate surface area is 109 Å². The highest BCUT2D eigenvalue weighted by atomic mass is 32.2. The van der Waals surface area contributed by atoms with Gasteiger partial charge in [-0.05, 0) is 43.4 Å². The molecular weight excluding hydrogens is 248 g/mol. The lowest BCUT2D eigenvalue weighted by atomic mass is 10.1. The molecule has 0 spiro atoms. The van der Waals surface area contributed by atoms with Crippen LogP contribution in [0.4, 0.5) is 5.69 Å². The van der Waals surface area contributed by atoms with E-state index in [0.717, 1.165) is 24.8 Å². The molecule has 5 heteroatoms. The van der Waals surface area contributed by atoms with Crippen molar-refractivity contribution in [1.29, 1.82) is 0 Å². The summed E-state index contributed by atoms with van der Waals surface area (Å²) in [7, 11) is -3.46. The van der Waals surface area contributed by atoms with Crippen LogP contribution in [0.25, 0.3) is 0 Å². The minimum atomic E-state index is -3.46. The molecule has 0 aliphatic heterocycles. The molecule has 1 saturated carbocycles. The number of sulfonamides is 1. The predicted molar refractivity (Wildman–Crippen MR) is 72.7 cm³/mol. The lowest BCUT2D eigenvalue weighted by Gasteiger charge is -2.18. The van der Waals surface area contributed by atoms with Gasteiger partial charge < -0.3 is 5.73 Å². The van der Waals surface area contributed by atoms with Gasteiger partial charge in [0, 0.05) is 11.7 Å². The maximum atomic E-state index is 12.3. The van der Waals surface area contributed by atoms with Crippen molar-refractivity contribution < 1.29 is 8.42 Å². The Morgan fingerprint density at radius 2 is 2.06 bits per heavy atom. The zero-order valence-corrected chi connectivity index (χ0v) is 11.6. The van der Waals surface area contributed by atoms with Crippen LogP contribution in [-0.4, -0.2) is 14.5 Å². The number of benzene rings is 1. The van der Waals surface area contributed by atoms with Crippen LogP contribution in [0, 0.1) is 12.8 Å². The van der Waals surface area contributed by atoms with Gasteiger partial charge in [-0.15, -0.1) is 0 Å². The zero-order chi connectivity index (χ0) is 13.3. The highest BCUT2D eigenvalue weighted by molar-refractivity contribution is 7.89. The number of rotatable bonds is 3. The molecule has 1 aliphatic rings. The molecule has 100 valence electrons. The quantitative estimate of drug-likeness (QED) is 0.824. The standard InChI is InChI=1S/C13H20N2O2S/c1-9-4-3-5-12(9)15-18(16,17)13-8-11(14)7-6-10(13)2/h6-9,12,15H,3-5,14H2,1-2H3. The molecule has 1 fully saturated rings. The van der Waals surface area contributed by atoms with Gasteiger partial charge in [-0.1, -0.05) is 19.4 Å². The number of anilines is 1. The van der Waals surface area contributed by atoms with E-state index in [2.05, 4.69) is 11.6 Å². The first-order valence-corrected chi connectivity index (χ1v) is 7.77. The second-order valence-corrected chi connectivity index (χ2v) is 6.84. The Morgan fingerprint density at radius 3 is 2.67 bits per heavy atom. The third-order valence-electron chi connectivity index (χ3n) is 3.67. The van der Waals surface area contributed by atoms with Crippen molar-refractivity contribution in [3.8, 4) is 0 Å². The molecule has 0 aromatic heterocycles. The molecule has 2 rings (SSSR count). The van der Waals surface area contributed by atoms with Crippen LogP contribution in [-0.2, 0) is 10.0 Å². The summed E-state index contributed by atoms with van der Waals surface area (Å²) in [6.45, 7) is 3.87. The molecule has 1 aliphatic carbocycles. The van der Waals surface area contributed by atoms with Crippen LogP contribution in [0.5, 0.6) is 0 Å². The summed E-state index contributed by atoms with van der Waals surface area (Å²) in [5.41, 5.74) is 6.86. The number of nitrogens with two attached hydrogens (primary N) is 1. The number of hydrogen-bond donors (Lipinski definition) is 2. The summed E-state index contributed by atoms with van der Waals surface area (Å²) in [6, 6.07) is 5.03. The van der Waals surface area contributed by atoms with E-state index in [9.17, 15) is 8.42 Å². The average Bonchev–Trinajstić information content (AvgIpc) is 2.67. The third-order valence-corrected chi connectivity index (χ3v) is 5.30. The normalized spacial score (nSPS) is 24.3. The van der Waals surface area contributed by atoms with Gasteiger partial charge in [0.1, 0.15) is 0 Å². The van der Waals surface area contributed by atoms with Crippen molar-refractivity contribution in [3.63, 3.8) is 0 Å². The van der Waals surface area contributed by atoms with Crippen molar-refractivity contribution in [2.24, 2.45) is 5.92 Å². The van der Waals surface area contributed by atoms with Gasteiger partial charge in [0.05, 0.1) is 4.90 Å². The van der Waals surface area contributed by atoms with Gasteiger partial charge in [-0.3, -0.25) is 0 Å². The second-order valence-electron chi connectivity index (χ2n) is 5.16. The number of hydrogen-bond acceptors (Lipinski definition) is 3. The Kier molecular flexibility index (Phi) is 3.64. The molecule has 3 N–H and O–H groups in total. The van der Waals surface area contributed by atoms with Gasteiger partial charge in [0.15, 0.2) is 0 Å². The topological polar surface area (TPSA) is 72.2 Å². The van der Waals surface area contributed by atoms with E-state index in [4.69, 9.17) is 5.73 Å². The average molecular weight is 268 g/mol. The van der Waals surface area contributed by atoms with E-state index >= 15 is 0 Å². The fraction of sp³-hybridized carbons (Fsp3) is 0.538. The molecule has 4 nitrogen and oxygen atoms in total. The predicted octanol–water partition coefficient (Wildman–Crippen LogP) is 2.04. The van der Waals surface area contributed by atoms with Crippen molar-refractivity contribution in [2.75, 3.05) is 5.73 Å². The molecule has 0 amide bonds. The van der Waals surface area contributed by atoms with E-state index < -0.39 is 10.0 Å². The zero-order valence-electron chi connectivity index (χ0n) is 10.8. The molecule has 2 unspecified atom stereocenters. The fourth-order valence-corrected chi connectivity index (χ4v) is 4.15. The van der Waals surface area contributed by atoms with Crippen LogP contribution in [0.2, 0.25) is 0 Å². The van der Waals surface area contributed by atoms with E-state index in [0.29, 0.717) is 16.5 Å². The Hall–Kier alpha value is -1.07. The minimum Gasteiger partial charge on any atom is -0.399 e. The maximum absolute atomic E-state index is 12.3. The molecule has 0 bridgehead atoms. The van der Waals surface area contributed by atoms with Gasteiger partial charge in [0.25, 0.3) is 0 Å². The number of nitrogens with one attached hydrogen (secondary N) is 1. The molecule has 0 radical (unpaired) electrons. The monoisotopic (exact) mass is 268 g/mol. The molecule has 0 heterocycles. The molecule has 1 aromatic rings. The first-order chi connectivity index (χ1) is 8.40. The minimum absolute atomic E-state index is 0.0517. The van der Waals surface area contributed by atoms with Gasteiger partial charge in [-0.25, -0.2) is 13.1 Å². The summed E-state index contributed by atoms with van der Waals surface area (Å²) < 4.78 is 27.5. The first kappa shape index (κ1) is 13.4. The van der Waals surface area contributed by atoms with E-state index in [1.165, 1.54) is 6.07 Å². The first-order valence-electron chi connectivity index (χ1n) is 6.28. The number of aryl methyl sites for hydroxylation is 1. The fourth-order valence-electron chi connectivity index (χ4n) is 2.49. The van der Waals surface area contributed by atoms with Crippen LogP contribution in [0.15, 0.2) is 23.1 Å². The Balaban J connectivity index is 2.28. The largest absolute Gasteiger partial charge is 0.399 e. The third kappa shape index (κ3) is 2.67. The van der Waals surface area contributed by atoms with Gasteiger partial charge in [0.2, 0.25) is 10.0 Å². The number of nitrogen functional groups attached to an aromatic ring is 1. The highest BCUT2D eigenvalue weighted by Crippen LogP contribution is 2.27. The summed E-state index contributed by atoms with van der Waals surface area (Å²) in [4.78, 5) is 0.293.